The van der Waals surface area contributed by atoms with E-state index in [-0.39, 0.29) is 5.69 Å². The summed E-state index contributed by atoms with van der Waals surface area (Å²) in [5, 5.41) is 16.0. The second-order valence-electron chi connectivity index (χ2n) is 4.33. The SMILES string of the molecule is CC(C)CN(C)CCn1cc(C(=O)O)nn1. The first-order valence-electron chi connectivity index (χ1n) is 5.31. The van der Waals surface area contributed by atoms with E-state index < -0.39 is 5.97 Å². The number of rotatable bonds is 6. The molecule has 0 saturated heterocycles. The molecule has 0 bridgehead atoms. The third-order valence-corrected chi connectivity index (χ3v) is 2.15. The van der Waals surface area contributed by atoms with Crippen LogP contribution in [0.15, 0.2) is 6.20 Å². The van der Waals surface area contributed by atoms with Crippen LogP contribution in [-0.2, 0) is 6.54 Å². The lowest BCUT2D eigenvalue weighted by atomic mass is 10.2. The lowest BCUT2D eigenvalue weighted by Gasteiger charge is -2.18. The molecular weight excluding hydrogens is 208 g/mol. The minimum absolute atomic E-state index is 0.00786. The summed E-state index contributed by atoms with van der Waals surface area (Å²) < 4.78 is 1.56. The third kappa shape index (κ3) is 3.98. The number of carboxylic acid groups (broad SMARTS) is 1. The van der Waals surface area contributed by atoms with Crippen molar-refractivity contribution in [3.63, 3.8) is 0 Å². The van der Waals surface area contributed by atoms with Crippen LogP contribution in [-0.4, -0.2) is 51.1 Å². The lowest BCUT2D eigenvalue weighted by Crippen LogP contribution is -2.27. The van der Waals surface area contributed by atoms with Crippen molar-refractivity contribution < 1.29 is 9.90 Å². The van der Waals surface area contributed by atoms with Crippen LogP contribution >= 0.6 is 0 Å². The monoisotopic (exact) mass is 226 g/mol. The van der Waals surface area contributed by atoms with Crippen molar-refractivity contribution in [1.82, 2.24) is 19.9 Å². The van der Waals surface area contributed by atoms with Crippen LogP contribution in [0, 0.1) is 5.92 Å². The highest BCUT2D eigenvalue weighted by molar-refractivity contribution is 5.84. The Balaban J connectivity index is 2.39. The van der Waals surface area contributed by atoms with Crippen LogP contribution in [0.25, 0.3) is 0 Å². The molecule has 0 saturated carbocycles. The van der Waals surface area contributed by atoms with Crippen molar-refractivity contribution in [3.05, 3.63) is 11.9 Å². The van der Waals surface area contributed by atoms with Gasteiger partial charge in [-0.25, -0.2) is 4.79 Å². The molecule has 0 aliphatic rings. The molecule has 0 radical (unpaired) electrons. The van der Waals surface area contributed by atoms with Gasteiger partial charge in [-0.2, -0.15) is 0 Å². The van der Waals surface area contributed by atoms with Gasteiger partial charge in [-0.15, -0.1) is 5.10 Å². The van der Waals surface area contributed by atoms with Gasteiger partial charge in [-0.3, -0.25) is 4.68 Å². The van der Waals surface area contributed by atoms with Crippen LogP contribution in [0.3, 0.4) is 0 Å². The van der Waals surface area contributed by atoms with Crippen molar-refractivity contribution in [1.29, 1.82) is 0 Å². The van der Waals surface area contributed by atoms with Gasteiger partial charge in [-0.05, 0) is 13.0 Å². The largest absolute Gasteiger partial charge is 0.476 e. The average molecular weight is 226 g/mol. The molecular formula is C10H18N4O2. The van der Waals surface area contributed by atoms with E-state index in [2.05, 4.69) is 29.1 Å². The molecule has 6 nitrogen and oxygen atoms in total. The fourth-order valence-corrected chi connectivity index (χ4v) is 1.49. The van der Waals surface area contributed by atoms with Gasteiger partial charge in [0.1, 0.15) is 0 Å². The first-order chi connectivity index (χ1) is 7.49. The maximum absolute atomic E-state index is 10.6. The van der Waals surface area contributed by atoms with Gasteiger partial charge in [-0.1, -0.05) is 19.1 Å². The minimum atomic E-state index is -1.04. The molecule has 0 atom stereocenters. The Hall–Kier alpha value is -1.43. The fourth-order valence-electron chi connectivity index (χ4n) is 1.49. The highest BCUT2D eigenvalue weighted by Gasteiger charge is 2.08. The molecule has 0 aliphatic heterocycles. The van der Waals surface area contributed by atoms with Crippen LogP contribution in [0.5, 0.6) is 0 Å². The van der Waals surface area contributed by atoms with Gasteiger partial charge in [0.25, 0.3) is 0 Å². The zero-order chi connectivity index (χ0) is 12.1. The number of carboxylic acids is 1. The Morgan fingerprint density at radius 1 is 1.62 bits per heavy atom. The van der Waals surface area contributed by atoms with Crippen molar-refractivity contribution in [3.8, 4) is 0 Å². The summed E-state index contributed by atoms with van der Waals surface area (Å²) in [5.74, 6) is -0.419. The van der Waals surface area contributed by atoms with E-state index >= 15 is 0 Å². The molecule has 1 aromatic rings. The molecule has 0 spiro atoms. The maximum atomic E-state index is 10.6. The van der Waals surface area contributed by atoms with Crippen molar-refractivity contribution in [2.24, 2.45) is 5.92 Å². The molecule has 90 valence electrons. The van der Waals surface area contributed by atoms with E-state index in [0.717, 1.165) is 13.1 Å². The van der Waals surface area contributed by atoms with E-state index in [1.54, 1.807) is 4.68 Å². The van der Waals surface area contributed by atoms with E-state index in [1.807, 2.05) is 7.05 Å². The highest BCUT2D eigenvalue weighted by atomic mass is 16.4. The third-order valence-electron chi connectivity index (χ3n) is 2.15. The Morgan fingerprint density at radius 2 is 2.31 bits per heavy atom. The standard InChI is InChI=1S/C10H18N4O2/c1-8(2)6-13(3)4-5-14-7-9(10(15)16)11-12-14/h7-8H,4-6H2,1-3H3,(H,15,16). The van der Waals surface area contributed by atoms with Crippen LogP contribution < -0.4 is 0 Å². The molecule has 1 N–H and O–H groups in total. The molecule has 0 unspecified atom stereocenters. The Bertz CT molecular complexity index is 348. The number of hydrogen-bond donors (Lipinski definition) is 1. The summed E-state index contributed by atoms with van der Waals surface area (Å²) in [6.45, 7) is 6.83. The molecule has 1 rings (SSSR count). The summed E-state index contributed by atoms with van der Waals surface area (Å²) >= 11 is 0. The zero-order valence-electron chi connectivity index (χ0n) is 9.92. The quantitative estimate of drug-likeness (QED) is 0.767. The van der Waals surface area contributed by atoms with Gasteiger partial charge in [0.15, 0.2) is 5.69 Å². The highest BCUT2D eigenvalue weighted by Crippen LogP contribution is 1.97. The van der Waals surface area contributed by atoms with E-state index in [0.29, 0.717) is 12.5 Å². The van der Waals surface area contributed by atoms with E-state index in [4.69, 9.17) is 5.11 Å². The summed E-state index contributed by atoms with van der Waals surface area (Å²) in [6.07, 6.45) is 1.45. The van der Waals surface area contributed by atoms with Crippen molar-refractivity contribution in [2.75, 3.05) is 20.1 Å². The van der Waals surface area contributed by atoms with Gasteiger partial charge < -0.3 is 10.0 Å². The number of likely N-dealkylation sites (N-methyl/N-ethyl adjacent to an activating group) is 1. The fraction of sp³-hybridized carbons (Fsp3) is 0.700. The number of hydrogen-bond acceptors (Lipinski definition) is 4. The normalized spacial score (nSPS) is 11.3. The second kappa shape index (κ2) is 5.60. The molecule has 0 aromatic carbocycles. The smallest absolute Gasteiger partial charge is 0.358 e. The molecule has 0 aliphatic carbocycles. The summed E-state index contributed by atoms with van der Waals surface area (Å²) in [4.78, 5) is 12.8. The predicted molar refractivity (Wildman–Crippen MR) is 59.3 cm³/mol. The number of aromatic carboxylic acids is 1. The average Bonchev–Trinajstić information content (AvgIpc) is 2.61. The lowest BCUT2D eigenvalue weighted by molar-refractivity contribution is 0.0690. The van der Waals surface area contributed by atoms with E-state index in [1.165, 1.54) is 6.20 Å². The summed E-state index contributed by atoms with van der Waals surface area (Å²) in [7, 11) is 2.04. The van der Waals surface area contributed by atoms with Gasteiger partial charge in [0.2, 0.25) is 0 Å². The first kappa shape index (κ1) is 12.6. The Kier molecular flexibility index (Phi) is 4.42. The maximum Gasteiger partial charge on any atom is 0.358 e. The van der Waals surface area contributed by atoms with Crippen molar-refractivity contribution in [2.45, 2.75) is 20.4 Å². The van der Waals surface area contributed by atoms with Gasteiger partial charge >= 0.3 is 5.97 Å². The molecule has 6 heteroatoms. The summed E-state index contributed by atoms with van der Waals surface area (Å²) in [6, 6.07) is 0. The number of nitrogens with zero attached hydrogens (tertiary/aromatic N) is 4. The Labute approximate surface area is 94.9 Å². The predicted octanol–water partition coefficient (Wildman–Crippen LogP) is 0.564. The molecule has 1 aromatic heterocycles. The van der Waals surface area contributed by atoms with E-state index in [9.17, 15) is 4.79 Å². The van der Waals surface area contributed by atoms with Gasteiger partial charge in [0, 0.05) is 13.1 Å². The number of carbonyl (C=O) groups is 1. The van der Waals surface area contributed by atoms with Crippen LogP contribution in [0.4, 0.5) is 0 Å². The van der Waals surface area contributed by atoms with Crippen LogP contribution in [0.1, 0.15) is 24.3 Å². The molecule has 0 fully saturated rings. The minimum Gasteiger partial charge on any atom is -0.476 e. The molecule has 0 amide bonds. The Morgan fingerprint density at radius 3 is 2.81 bits per heavy atom. The van der Waals surface area contributed by atoms with Crippen LogP contribution in [0.2, 0.25) is 0 Å². The number of aromatic nitrogens is 3. The second-order valence-corrected chi connectivity index (χ2v) is 4.33. The first-order valence-corrected chi connectivity index (χ1v) is 5.31. The molecule has 1 heterocycles. The topological polar surface area (TPSA) is 71.2 Å². The zero-order valence-corrected chi connectivity index (χ0v) is 9.92. The van der Waals surface area contributed by atoms with Gasteiger partial charge in [0.05, 0.1) is 12.7 Å². The summed E-state index contributed by atoms with van der Waals surface area (Å²) in [5.41, 5.74) is -0.00786. The van der Waals surface area contributed by atoms with Crippen molar-refractivity contribution >= 4 is 5.97 Å². The molecule has 16 heavy (non-hydrogen) atoms.